The standard InChI is InChI=1S/C26H35N3O3/c1-25(2,3)20-8-7-9-21(18-20)27-23(30)19-10-12-22(13-11-19)28-14-16-29(17-15-28)24(31)32-26(4,5)6/h7-13,18H,14-17H2,1-6H3,(H,27,30). The van der Waals surface area contributed by atoms with E-state index in [0.29, 0.717) is 18.7 Å². The van der Waals surface area contributed by atoms with Gasteiger partial charge in [0.05, 0.1) is 0 Å². The molecule has 1 saturated heterocycles. The van der Waals surface area contributed by atoms with Crippen LogP contribution >= 0.6 is 0 Å². The summed E-state index contributed by atoms with van der Waals surface area (Å²) in [6.45, 7) is 14.8. The van der Waals surface area contributed by atoms with Crippen molar-refractivity contribution in [3.8, 4) is 0 Å². The van der Waals surface area contributed by atoms with Crippen LogP contribution in [0, 0.1) is 0 Å². The Morgan fingerprint density at radius 1 is 0.875 bits per heavy atom. The van der Waals surface area contributed by atoms with E-state index in [1.807, 2.05) is 63.2 Å². The van der Waals surface area contributed by atoms with Crippen molar-refractivity contribution < 1.29 is 14.3 Å². The summed E-state index contributed by atoms with van der Waals surface area (Å²) in [5.41, 5.74) is 3.16. The number of carbonyl (C=O) groups excluding carboxylic acids is 2. The number of carbonyl (C=O) groups is 2. The minimum absolute atomic E-state index is 0.0237. The first-order valence-corrected chi connectivity index (χ1v) is 11.2. The van der Waals surface area contributed by atoms with E-state index in [9.17, 15) is 9.59 Å². The van der Waals surface area contributed by atoms with E-state index >= 15 is 0 Å². The molecule has 1 heterocycles. The molecule has 0 radical (unpaired) electrons. The van der Waals surface area contributed by atoms with E-state index in [4.69, 9.17) is 4.74 Å². The third-order valence-corrected chi connectivity index (χ3v) is 5.41. The molecule has 2 aromatic carbocycles. The molecule has 32 heavy (non-hydrogen) atoms. The molecule has 0 atom stereocenters. The third kappa shape index (κ3) is 6.25. The highest BCUT2D eigenvalue weighted by atomic mass is 16.6. The molecule has 3 rings (SSSR count). The van der Waals surface area contributed by atoms with Crippen molar-refractivity contribution in [2.75, 3.05) is 36.4 Å². The highest BCUT2D eigenvalue weighted by Crippen LogP contribution is 2.25. The van der Waals surface area contributed by atoms with Gasteiger partial charge in [0, 0.05) is 43.1 Å². The Bertz CT molecular complexity index is 948. The number of piperazine rings is 1. The quantitative estimate of drug-likeness (QED) is 0.708. The maximum atomic E-state index is 12.7. The number of rotatable bonds is 3. The molecule has 172 valence electrons. The molecule has 1 aliphatic rings. The lowest BCUT2D eigenvalue weighted by atomic mass is 9.87. The van der Waals surface area contributed by atoms with Crippen LogP contribution in [-0.2, 0) is 10.2 Å². The summed E-state index contributed by atoms with van der Waals surface area (Å²) in [5.74, 6) is -0.127. The number of hydrogen-bond donors (Lipinski definition) is 1. The lowest BCUT2D eigenvalue weighted by molar-refractivity contribution is 0.0240. The van der Waals surface area contributed by atoms with Crippen molar-refractivity contribution >= 4 is 23.4 Å². The Morgan fingerprint density at radius 3 is 2.06 bits per heavy atom. The molecule has 0 aliphatic carbocycles. The second-order valence-electron chi connectivity index (χ2n) is 10.3. The van der Waals surface area contributed by atoms with Crippen molar-refractivity contribution in [1.29, 1.82) is 0 Å². The normalized spacial score (nSPS) is 14.8. The van der Waals surface area contributed by atoms with Crippen LogP contribution in [0.4, 0.5) is 16.2 Å². The highest BCUT2D eigenvalue weighted by Gasteiger charge is 2.26. The zero-order valence-corrected chi connectivity index (χ0v) is 20.1. The fourth-order valence-electron chi connectivity index (χ4n) is 3.56. The maximum absolute atomic E-state index is 12.7. The number of hydrogen-bond acceptors (Lipinski definition) is 4. The number of nitrogens with zero attached hydrogens (tertiary/aromatic N) is 2. The Balaban J connectivity index is 1.58. The van der Waals surface area contributed by atoms with Crippen molar-refractivity contribution in [2.24, 2.45) is 0 Å². The number of amides is 2. The van der Waals surface area contributed by atoms with Crippen molar-refractivity contribution in [1.82, 2.24) is 4.90 Å². The molecule has 0 saturated carbocycles. The number of ether oxygens (including phenoxy) is 1. The smallest absolute Gasteiger partial charge is 0.410 e. The number of nitrogens with one attached hydrogen (secondary N) is 1. The number of benzene rings is 2. The topological polar surface area (TPSA) is 61.9 Å². The summed E-state index contributed by atoms with van der Waals surface area (Å²) in [4.78, 5) is 28.9. The maximum Gasteiger partial charge on any atom is 0.410 e. The van der Waals surface area contributed by atoms with Gasteiger partial charge in [-0.3, -0.25) is 4.79 Å². The van der Waals surface area contributed by atoms with E-state index in [1.54, 1.807) is 4.90 Å². The van der Waals surface area contributed by atoms with Crippen LogP contribution in [-0.4, -0.2) is 48.7 Å². The molecule has 0 bridgehead atoms. The van der Waals surface area contributed by atoms with Crippen LogP contribution in [0.15, 0.2) is 48.5 Å². The van der Waals surface area contributed by atoms with Crippen molar-refractivity contribution in [3.63, 3.8) is 0 Å². The van der Waals surface area contributed by atoms with Gasteiger partial charge in [0.25, 0.3) is 5.91 Å². The van der Waals surface area contributed by atoms with Crippen molar-refractivity contribution in [3.05, 3.63) is 59.7 Å². The summed E-state index contributed by atoms with van der Waals surface area (Å²) < 4.78 is 5.46. The molecule has 0 unspecified atom stereocenters. The van der Waals surface area contributed by atoms with Crippen LogP contribution in [0.3, 0.4) is 0 Å². The van der Waals surface area contributed by atoms with Gasteiger partial charge in [0.2, 0.25) is 0 Å². The highest BCUT2D eigenvalue weighted by molar-refractivity contribution is 6.04. The molecule has 1 N–H and O–H groups in total. The van der Waals surface area contributed by atoms with Crippen LogP contribution in [0.1, 0.15) is 57.5 Å². The molecular formula is C26H35N3O3. The molecule has 2 aromatic rings. The Morgan fingerprint density at radius 2 is 1.50 bits per heavy atom. The molecule has 1 aliphatic heterocycles. The molecule has 0 spiro atoms. The van der Waals surface area contributed by atoms with Crippen LogP contribution in [0.5, 0.6) is 0 Å². The minimum atomic E-state index is -0.487. The van der Waals surface area contributed by atoms with Gasteiger partial charge in [0.15, 0.2) is 0 Å². The summed E-state index contributed by atoms with van der Waals surface area (Å²) in [6.07, 6.45) is -0.264. The number of anilines is 2. The van der Waals surface area contributed by atoms with E-state index in [-0.39, 0.29) is 17.4 Å². The monoisotopic (exact) mass is 437 g/mol. The molecule has 6 heteroatoms. The van der Waals surface area contributed by atoms with Gasteiger partial charge < -0.3 is 19.9 Å². The molecule has 2 amide bonds. The predicted octanol–water partition coefficient (Wildman–Crippen LogP) is 5.29. The van der Waals surface area contributed by atoms with E-state index in [1.165, 1.54) is 5.56 Å². The predicted molar refractivity (Wildman–Crippen MR) is 130 cm³/mol. The second-order valence-corrected chi connectivity index (χ2v) is 10.3. The molecular weight excluding hydrogens is 402 g/mol. The first kappa shape index (κ1) is 23.6. The summed E-state index contributed by atoms with van der Waals surface area (Å²) in [6, 6.07) is 15.6. The van der Waals surface area contributed by atoms with Gasteiger partial charge in [-0.25, -0.2) is 4.79 Å². The van der Waals surface area contributed by atoms with Gasteiger partial charge in [-0.1, -0.05) is 32.9 Å². The minimum Gasteiger partial charge on any atom is -0.444 e. The second kappa shape index (κ2) is 9.23. The average Bonchev–Trinajstić information content (AvgIpc) is 2.72. The van der Waals surface area contributed by atoms with Gasteiger partial charge in [0.1, 0.15) is 5.60 Å². The lowest BCUT2D eigenvalue weighted by Gasteiger charge is -2.36. The largest absolute Gasteiger partial charge is 0.444 e. The fourth-order valence-corrected chi connectivity index (χ4v) is 3.56. The first-order chi connectivity index (χ1) is 14.9. The average molecular weight is 438 g/mol. The Kier molecular flexibility index (Phi) is 6.82. The molecule has 0 aromatic heterocycles. The van der Waals surface area contributed by atoms with Gasteiger partial charge in [-0.2, -0.15) is 0 Å². The fraction of sp³-hybridized carbons (Fsp3) is 0.462. The summed E-state index contributed by atoms with van der Waals surface area (Å²) >= 11 is 0. The zero-order valence-electron chi connectivity index (χ0n) is 20.1. The molecule has 6 nitrogen and oxygen atoms in total. The van der Waals surface area contributed by atoms with Crippen LogP contribution in [0.25, 0.3) is 0 Å². The SMILES string of the molecule is CC(C)(C)OC(=O)N1CCN(c2ccc(C(=O)Nc3cccc(C(C)(C)C)c3)cc2)CC1. The van der Waals surface area contributed by atoms with E-state index in [2.05, 4.69) is 37.1 Å². The first-order valence-electron chi connectivity index (χ1n) is 11.2. The lowest BCUT2D eigenvalue weighted by Crippen LogP contribution is -2.50. The van der Waals surface area contributed by atoms with Gasteiger partial charge in [-0.15, -0.1) is 0 Å². The third-order valence-electron chi connectivity index (χ3n) is 5.41. The Hall–Kier alpha value is -3.02. The summed E-state index contributed by atoms with van der Waals surface area (Å²) in [5, 5.41) is 3.00. The Labute approximate surface area is 191 Å². The van der Waals surface area contributed by atoms with Crippen LogP contribution in [0.2, 0.25) is 0 Å². The van der Waals surface area contributed by atoms with E-state index in [0.717, 1.165) is 24.5 Å². The van der Waals surface area contributed by atoms with Gasteiger partial charge >= 0.3 is 6.09 Å². The van der Waals surface area contributed by atoms with E-state index < -0.39 is 5.60 Å². The zero-order chi connectivity index (χ0) is 23.5. The van der Waals surface area contributed by atoms with Crippen molar-refractivity contribution in [2.45, 2.75) is 52.6 Å². The molecule has 1 fully saturated rings. The summed E-state index contributed by atoms with van der Waals surface area (Å²) in [7, 11) is 0. The van der Waals surface area contributed by atoms with Crippen LogP contribution < -0.4 is 10.2 Å². The van der Waals surface area contributed by atoms with Gasteiger partial charge in [-0.05, 0) is 68.1 Å².